The van der Waals surface area contributed by atoms with Crippen LogP contribution in [0.1, 0.15) is 59.6 Å². The van der Waals surface area contributed by atoms with Gasteiger partial charge in [-0.2, -0.15) is 0 Å². The Kier molecular flexibility index (Phi) is 7.45. The highest BCUT2D eigenvalue weighted by Gasteiger charge is 2.37. The van der Waals surface area contributed by atoms with Gasteiger partial charge >= 0.3 is 6.03 Å². The number of likely N-dealkylation sites (N-methyl/N-ethyl adjacent to an activating group) is 1. The van der Waals surface area contributed by atoms with Crippen molar-refractivity contribution in [3.05, 3.63) is 99.1 Å². The van der Waals surface area contributed by atoms with E-state index in [1.54, 1.807) is 0 Å². The molecule has 1 heterocycles. The van der Waals surface area contributed by atoms with E-state index in [1.807, 2.05) is 49.1 Å². The number of amides is 2. The quantitative estimate of drug-likeness (QED) is 0.430. The lowest BCUT2D eigenvalue weighted by atomic mass is 9.73. The van der Waals surface area contributed by atoms with E-state index >= 15 is 0 Å². The number of nitrogens with zero attached hydrogens (tertiary/aromatic N) is 2. The standard InChI is InChI=1S/C31H36ClN3O2/c1-20(2)33-31(37)35(18-21-8-5-4-6-9-21)19-23-10-7-11-25-24(23)12-13-28-30(25)26-17-29(36)27(32)16-22(26)14-15-34(28)3/h4-11,16-17,20,28,30,36H,12-15,18-19H2,1-3H3,(H,33,37)/t28-,30+/m0/s1. The van der Waals surface area contributed by atoms with Crippen molar-refractivity contribution in [1.29, 1.82) is 0 Å². The smallest absolute Gasteiger partial charge is 0.318 e. The number of carbonyl (C=O) groups is 1. The summed E-state index contributed by atoms with van der Waals surface area (Å²) in [5, 5.41) is 14.0. The molecule has 3 aromatic carbocycles. The highest BCUT2D eigenvalue weighted by atomic mass is 35.5. The molecule has 1 aliphatic heterocycles. The van der Waals surface area contributed by atoms with Crippen molar-refractivity contribution in [2.45, 2.75) is 64.2 Å². The second-order valence-electron chi connectivity index (χ2n) is 10.7. The second kappa shape index (κ2) is 10.8. The summed E-state index contributed by atoms with van der Waals surface area (Å²) >= 11 is 6.32. The summed E-state index contributed by atoms with van der Waals surface area (Å²) < 4.78 is 0. The van der Waals surface area contributed by atoms with Crippen LogP contribution in [0.25, 0.3) is 0 Å². The summed E-state index contributed by atoms with van der Waals surface area (Å²) in [5.41, 5.74) is 7.31. The average Bonchev–Trinajstić information content (AvgIpc) is 3.01. The van der Waals surface area contributed by atoms with E-state index in [-0.39, 0.29) is 23.7 Å². The molecule has 0 bridgehead atoms. The number of phenols is 1. The fraction of sp³-hybridized carbons (Fsp3) is 0.387. The molecule has 2 N–H and O–H groups in total. The van der Waals surface area contributed by atoms with Gasteiger partial charge in [0.1, 0.15) is 5.75 Å². The summed E-state index contributed by atoms with van der Waals surface area (Å²) in [6.07, 6.45) is 2.91. The van der Waals surface area contributed by atoms with Crippen LogP contribution in [0.5, 0.6) is 5.75 Å². The fourth-order valence-electron chi connectivity index (χ4n) is 6.05. The molecule has 3 aromatic rings. The first-order valence-corrected chi connectivity index (χ1v) is 13.6. The van der Waals surface area contributed by atoms with Crippen LogP contribution in [0.3, 0.4) is 0 Å². The maximum Gasteiger partial charge on any atom is 0.318 e. The number of aromatic hydroxyl groups is 1. The predicted octanol–water partition coefficient (Wildman–Crippen LogP) is 6.10. The molecule has 1 aliphatic carbocycles. The molecule has 2 atom stereocenters. The van der Waals surface area contributed by atoms with Crippen LogP contribution in [-0.4, -0.2) is 46.6 Å². The highest BCUT2D eigenvalue weighted by Crippen LogP contribution is 2.45. The van der Waals surface area contributed by atoms with Gasteiger partial charge in [0.2, 0.25) is 0 Å². The number of carbonyl (C=O) groups excluding carboxylic acids is 1. The first-order chi connectivity index (χ1) is 17.8. The number of rotatable bonds is 5. The van der Waals surface area contributed by atoms with Gasteiger partial charge in [-0.15, -0.1) is 0 Å². The van der Waals surface area contributed by atoms with Crippen molar-refractivity contribution >= 4 is 17.6 Å². The van der Waals surface area contributed by atoms with Gasteiger partial charge in [-0.25, -0.2) is 4.79 Å². The summed E-state index contributed by atoms with van der Waals surface area (Å²) in [4.78, 5) is 17.6. The minimum Gasteiger partial charge on any atom is -0.506 e. The minimum atomic E-state index is -0.0516. The van der Waals surface area contributed by atoms with Crippen LogP contribution in [-0.2, 0) is 25.9 Å². The molecule has 0 unspecified atom stereocenters. The summed E-state index contributed by atoms with van der Waals surface area (Å²) in [7, 11) is 2.21. The summed E-state index contributed by atoms with van der Waals surface area (Å²) in [6.45, 7) is 6.04. The fourth-order valence-corrected chi connectivity index (χ4v) is 6.24. The van der Waals surface area contributed by atoms with E-state index in [2.05, 4.69) is 47.6 Å². The third-order valence-corrected chi connectivity index (χ3v) is 8.14. The molecule has 5 nitrogen and oxygen atoms in total. The molecule has 0 saturated carbocycles. The van der Waals surface area contributed by atoms with E-state index in [1.165, 1.54) is 27.8 Å². The molecular weight excluding hydrogens is 482 g/mol. The monoisotopic (exact) mass is 517 g/mol. The molecule has 0 spiro atoms. The lowest BCUT2D eigenvalue weighted by Gasteiger charge is -2.39. The normalized spacial score (nSPS) is 18.9. The number of benzene rings is 3. The first-order valence-electron chi connectivity index (χ1n) is 13.2. The number of nitrogens with one attached hydrogen (secondary N) is 1. The summed E-state index contributed by atoms with van der Waals surface area (Å²) in [5.74, 6) is 0.299. The molecule has 0 aromatic heterocycles. The Bertz CT molecular complexity index is 1280. The van der Waals surface area contributed by atoms with Gasteiger partial charge in [0.15, 0.2) is 0 Å². The Balaban J connectivity index is 1.53. The van der Waals surface area contributed by atoms with E-state index in [4.69, 9.17) is 11.6 Å². The Morgan fingerprint density at radius 2 is 1.86 bits per heavy atom. The summed E-state index contributed by atoms with van der Waals surface area (Å²) in [6, 6.07) is 20.9. The number of urea groups is 1. The van der Waals surface area contributed by atoms with Gasteiger partial charge in [0.05, 0.1) is 5.02 Å². The Morgan fingerprint density at radius 3 is 2.62 bits per heavy atom. The molecule has 0 radical (unpaired) electrons. The number of hydrogen-bond donors (Lipinski definition) is 2. The van der Waals surface area contributed by atoms with Crippen molar-refractivity contribution in [3.8, 4) is 5.75 Å². The zero-order valence-electron chi connectivity index (χ0n) is 21.9. The third kappa shape index (κ3) is 5.34. The maximum absolute atomic E-state index is 13.2. The molecule has 37 heavy (non-hydrogen) atoms. The van der Waals surface area contributed by atoms with Gasteiger partial charge < -0.3 is 20.2 Å². The van der Waals surface area contributed by atoms with Crippen molar-refractivity contribution < 1.29 is 9.90 Å². The SMILES string of the molecule is CC(C)NC(=O)N(Cc1ccccc1)Cc1cccc2c1CC[C@H]1[C@H]2c2cc(O)c(Cl)cc2CCN1C. The van der Waals surface area contributed by atoms with E-state index in [0.29, 0.717) is 24.2 Å². The zero-order chi connectivity index (χ0) is 26.1. The zero-order valence-corrected chi connectivity index (χ0v) is 22.6. The molecule has 2 amide bonds. The minimum absolute atomic E-state index is 0.0516. The van der Waals surface area contributed by atoms with Crippen LogP contribution in [0, 0.1) is 0 Å². The number of phenolic OH excluding ortho intramolecular Hbond substituents is 1. The van der Waals surface area contributed by atoms with Crippen molar-refractivity contribution in [1.82, 2.24) is 15.1 Å². The largest absolute Gasteiger partial charge is 0.506 e. The van der Waals surface area contributed by atoms with Gasteiger partial charge in [0, 0.05) is 37.6 Å². The van der Waals surface area contributed by atoms with Crippen LogP contribution >= 0.6 is 11.6 Å². The Hall–Kier alpha value is -3.02. The molecule has 5 rings (SSSR count). The average molecular weight is 518 g/mol. The van der Waals surface area contributed by atoms with Gasteiger partial charge in [-0.3, -0.25) is 0 Å². The lowest BCUT2D eigenvalue weighted by Crippen LogP contribution is -2.43. The predicted molar refractivity (Wildman–Crippen MR) is 149 cm³/mol. The first kappa shape index (κ1) is 25.6. The molecule has 0 fully saturated rings. The van der Waals surface area contributed by atoms with Crippen molar-refractivity contribution in [2.75, 3.05) is 13.6 Å². The van der Waals surface area contributed by atoms with Crippen molar-refractivity contribution in [2.24, 2.45) is 0 Å². The van der Waals surface area contributed by atoms with Crippen LogP contribution in [0.2, 0.25) is 5.02 Å². The maximum atomic E-state index is 13.2. The topological polar surface area (TPSA) is 55.8 Å². The van der Waals surface area contributed by atoms with Crippen molar-refractivity contribution in [3.63, 3.8) is 0 Å². The lowest BCUT2D eigenvalue weighted by molar-refractivity contribution is 0.189. The molecule has 2 aliphatic rings. The van der Waals surface area contributed by atoms with E-state index < -0.39 is 0 Å². The van der Waals surface area contributed by atoms with Gasteiger partial charge in [0.25, 0.3) is 0 Å². The van der Waals surface area contributed by atoms with Crippen LogP contribution in [0.15, 0.2) is 60.7 Å². The number of fused-ring (bicyclic) bond motifs is 5. The number of halogens is 1. The molecule has 0 saturated heterocycles. The second-order valence-corrected chi connectivity index (χ2v) is 11.2. The number of hydrogen-bond acceptors (Lipinski definition) is 3. The third-order valence-electron chi connectivity index (χ3n) is 7.84. The molecule has 6 heteroatoms. The van der Waals surface area contributed by atoms with Gasteiger partial charge in [-0.1, -0.05) is 60.1 Å². The highest BCUT2D eigenvalue weighted by molar-refractivity contribution is 6.32. The van der Waals surface area contributed by atoms with E-state index in [0.717, 1.165) is 31.4 Å². The van der Waals surface area contributed by atoms with E-state index in [9.17, 15) is 9.90 Å². The molecular formula is C31H36ClN3O2. The molecule has 194 valence electrons. The Labute approximate surface area is 225 Å². The van der Waals surface area contributed by atoms with Gasteiger partial charge in [-0.05, 0) is 85.7 Å². The van der Waals surface area contributed by atoms with Crippen LogP contribution in [0.4, 0.5) is 4.79 Å². The van der Waals surface area contributed by atoms with Crippen LogP contribution < -0.4 is 5.32 Å². The Morgan fingerprint density at radius 1 is 1.08 bits per heavy atom.